The minimum Gasteiger partial charge on any atom is -0.378 e. The Hall–Kier alpha value is -2.36. The Morgan fingerprint density at radius 2 is 1.20 bits per heavy atom. The average molecular weight is 712 g/mol. The summed E-state index contributed by atoms with van der Waals surface area (Å²) >= 11 is 0. The topological polar surface area (TPSA) is 175 Å². The maximum atomic E-state index is 13.2. The normalized spacial score (nSPS) is 22.6. The van der Waals surface area contributed by atoms with Gasteiger partial charge in [-0.1, -0.05) is 0 Å². The van der Waals surface area contributed by atoms with Gasteiger partial charge in [-0.25, -0.2) is 0 Å². The van der Waals surface area contributed by atoms with E-state index in [-0.39, 0.29) is 80.8 Å². The molecule has 5 unspecified atom stereocenters. The lowest BCUT2D eigenvalue weighted by molar-refractivity contribution is -0.162. The summed E-state index contributed by atoms with van der Waals surface area (Å²) in [6, 6.07) is -1.56. The van der Waals surface area contributed by atoms with Crippen molar-refractivity contribution in [1.29, 1.82) is 0 Å². The molecule has 5 N–H and O–H groups in total. The summed E-state index contributed by atoms with van der Waals surface area (Å²) in [5.41, 5.74) is -0.380. The molecule has 50 heavy (non-hydrogen) atoms. The summed E-state index contributed by atoms with van der Waals surface area (Å²) < 4.78 is 28.4. The number of rotatable bonds is 22. The van der Waals surface area contributed by atoms with Crippen LogP contribution in [0.5, 0.6) is 0 Å². The minimum absolute atomic E-state index is 0.00885. The molecule has 0 saturated carbocycles. The van der Waals surface area contributed by atoms with Crippen molar-refractivity contribution in [2.24, 2.45) is 0 Å². The van der Waals surface area contributed by atoms with Gasteiger partial charge < -0.3 is 50.3 Å². The van der Waals surface area contributed by atoms with Crippen molar-refractivity contribution in [3.63, 3.8) is 0 Å². The standard InChI is InChI=1S/C36H65N5O9/c1-36(2,3)41-29(35(45)39-21-26-50-33-14-6-9-24-48-33)16-18-31(43)40-28(34(44)38-20-25-49-32-13-5-8-23-47-32)15-17-30(42)37-19-10-12-27-11-4-7-22-46-27/h27-29,32-33,41H,4-26H2,1-3H3,(H,37,42)(H,38,44)(H,39,45)(H,40,43). The fourth-order valence-electron chi connectivity index (χ4n) is 6.22. The van der Waals surface area contributed by atoms with E-state index in [1.54, 1.807) is 0 Å². The van der Waals surface area contributed by atoms with E-state index >= 15 is 0 Å². The van der Waals surface area contributed by atoms with Crippen LogP contribution < -0.4 is 26.6 Å². The Kier molecular flexibility index (Phi) is 20.2. The van der Waals surface area contributed by atoms with Crippen molar-refractivity contribution in [2.75, 3.05) is 52.7 Å². The van der Waals surface area contributed by atoms with Crippen LogP contribution in [0.25, 0.3) is 0 Å². The lowest BCUT2D eigenvalue weighted by atomic mass is 10.0. The third-order valence-corrected chi connectivity index (χ3v) is 8.88. The monoisotopic (exact) mass is 711 g/mol. The Morgan fingerprint density at radius 1 is 0.660 bits per heavy atom. The molecule has 0 radical (unpaired) electrons. The van der Waals surface area contributed by atoms with E-state index in [0.717, 1.165) is 70.8 Å². The lowest BCUT2D eigenvalue weighted by Gasteiger charge is -2.28. The van der Waals surface area contributed by atoms with Gasteiger partial charge in [0.25, 0.3) is 0 Å². The van der Waals surface area contributed by atoms with Crippen LogP contribution in [-0.4, -0.2) is 113 Å². The lowest BCUT2D eigenvalue weighted by Crippen LogP contribution is -2.53. The van der Waals surface area contributed by atoms with E-state index in [9.17, 15) is 19.2 Å². The fourth-order valence-corrected chi connectivity index (χ4v) is 6.22. The van der Waals surface area contributed by atoms with Crippen molar-refractivity contribution >= 4 is 23.6 Å². The van der Waals surface area contributed by atoms with Gasteiger partial charge in [0, 0.05) is 57.8 Å². The molecular weight excluding hydrogens is 646 g/mol. The van der Waals surface area contributed by atoms with Crippen molar-refractivity contribution in [3.8, 4) is 0 Å². The molecule has 0 aromatic carbocycles. The second kappa shape index (κ2) is 24.0. The van der Waals surface area contributed by atoms with Gasteiger partial charge in [0.2, 0.25) is 23.6 Å². The second-order valence-corrected chi connectivity index (χ2v) is 14.5. The molecule has 0 aromatic rings. The molecule has 0 aromatic heterocycles. The first-order valence-electron chi connectivity index (χ1n) is 19.1. The molecule has 3 aliphatic rings. The van der Waals surface area contributed by atoms with Gasteiger partial charge in [-0.15, -0.1) is 0 Å². The van der Waals surface area contributed by atoms with Crippen LogP contribution in [0.3, 0.4) is 0 Å². The Balaban J connectivity index is 1.46. The third-order valence-electron chi connectivity index (χ3n) is 8.88. The van der Waals surface area contributed by atoms with Gasteiger partial charge in [0.15, 0.2) is 12.6 Å². The first kappa shape index (κ1) is 42.1. The SMILES string of the molecule is CC(C)(C)NC(CCC(=O)NC(CCC(=O)NCCCC1CCCCO1)C(=O)NCCOC1CCCCO1)C(=O)NCCOC1CCCCO1. The highest BCUT2D eigenvalue weighted by Gasteiger charge is 2.27. The fraction of sp³-hybridized carbons (Fsp3) is 0.889. The molecule has 3 fully saturated rings. The Bertz CT molecular complexity index is 993. The van der Waals surface area contributed by atoms with Gasteiger partial charge in [-0.05, 0) is 104 Å². The summed E-state index contributed by atoms with van der Waals surface area (Å²) in [5, 5.41) is 14.8. The Morgan fingerprint density at radius 3 is 1.74 bits per heavy atom. The van der Waals surface area contributed by atoms with Crippen LogP contribution in [0.15, 0.2) is 0 Å². The van der Waals surface area contributed by atoms with E-state index in [1.807, 2.05) is 20.8 Å². The van der Waals surface area contributed by atoms with Gasteiger partial charge in [0.05, 0.1) is 25.4 Å². The number of amides is 4. The molecule has 3 saturated heterocycles. The third kappa shape index (κ3) is 18.8. The molecule has 0 bridgehead atoms. The highest BCUT2D eigenvalue weighted by molar-refractivity contribution is 5.89. The molecule has 5 atom stereocenters. The smallest absolute Gasteiger partial charge is 0.242 e. The average Bonchev–Trinajstić information content (AvgIpc) is 3.11. The summed E-state index contributed by atoms with van der Waals surface area (Å²) in [6.45, 7) is 9.73. The predicted molar refractivity (Wildman–Crippen MR) is 188 cm³/mol. The van der Waals surface area contributed by atoms with Crippen molar-refractivity contribution in [2.45, 2.75) is 153 Å². The quantitative estimate of drug-likeness (QED) is 0.105. The molecule has 14 heteroatoms. The van der Waals surface area contributed by atoms with Crippen LogP contribution >= 0.6 is 0 Å². The number of nitrogens with one attached hydrogen (secondary N) is 5. The van der Waals surface area contributed by atoms with Gasteiger partial charge in [0.1, 0.15) is 6.04 Å². The minimum atomic E-state index is -0.920. The molecular formula is C36H65N5O9. The molecule has 0 spiro atoms. The number of hydrogen-bond acceptors (Lipinski definition) is 10. The van der Waals surface area contributed by atoms with E-state index in [0.29, 0.717) is 32.9 Å². The maximum absolute atomic E-state index is 13.2. The predicted octanol–water partition coefficient (Wildman–Crippen LogP) is 2.57. The van der Waals surface area contributed by atoms with Crippen molar-refractivity contribution < 1.29 is 42.9 Å². The van der Waals surface area contributed by atoms with Crippen LogP contribution in [0, 0.1) is 0 Å². The molecule has 14 nitrogen and oxygen atoms in total. The zero-order valence-electron chi connectivity index (χ0n) is 30.8. The van der Waals surface area contributed by atoms with Gasteiger partial charge in [-0.2, -0.15) is 0 Å². The second-order valence-electron chi connectivity index (χ2n) is 14.5. The largest absolute Gasteiger partial charge is 0.378 e. The number of carbonyl (C=O) groups is 4. The van der Waals surface area contributed by atoms with Gasteiger partial charge in [-0.3, -0.25) is 19.2 Å². The number of hydrogen-bond donors (Lipinski definition) is 5. The highest BCUT2D eigenvalue weighted by Crippen LogP contribution is 2.17. The molecule has 0 aliphatic carbocycles. The zero-order chi connectivity index (χ0) is 36.0. The van der Waals surface area contributed by atoms with Crippen molar-refractivity contribution in [1.82, 2.24) is 26.6 Å². The maximum Gasteiger partial charge on any atom is 0.242 e. The number of carbonyl (C=O) groups excluding carboxylic acids is 4. The van der Waals surface area contributed by atoms with Gasteiger partial charge >= 0.3 is 0 Å². The zero-order valence-corrected chi connectivity index (χ0v) is 30.8. The summed E-state index contributed by atoms with van der Waals surface area (Å²) in [5.74, 6) is -1.18. The van der Waals surface area contributed by atoms with Crippen LogP contribution in [0.4, 0.5) is 0 Å². The summed E-state index contributed by atoms with van der Waals surface area (Å²) in [4.78, 5) is 52.2. The number of ether oxygens (including phenoxy) is 5. The van der Waals surface area contributed by atoms with Crippen LogP contribution in [-0.2, 0) is 42.9 Å². The van der Waals surface area contributed by atoms with E-state index in [4.69, 9.17) is 23.7 Å². The highest BCUT2D eigenvalue weighted by atomic mass is 16.7. The van der Waals surface area contributed by atoms with E-state index in [1.165, 1.54) is 6.42 Å². The van der Waals surface area contributed by atoms with Crippen molar-refractivity contribution in [3.05, 3.63) is 0 Å². The first-order valence-corrected chi connectivity index (χ1v) is 19.1. The Labute approximate surface area is 298 Å². The molecule has 3 rings (SSSR count). The molecule has 288 valence electrons. The molecule has 3 aliphatic heterocycles. The van der Waals surface area contributed by atoms with Crippen LogP contribution in [0.2, 0.25) is 0 Å². The summed E-state index contributed by atoms with van der Waals surface area (Å²) in [7, 11) is 0. The molecule has 3 heterocycles. The van der Waals surface area contributed by atoms with E-state index in [2.05, 4.69) is 26.6 Å². The summed E-state index contributed by atoms with van der Waals surface area (Å²) in [6.07, 6.45) is 11.1. The first-order chi connectivity index (χ1) is 24.1. The van der Waals surface area contributed by atoms with Crippen LogP contribution in [0.1, 0.15) is 117 Å². The molecule has 4 amide bonds. The van der Waals surface area contributed by atoms with E-state index < -0.39 is 18.0 Å².